The molecule has 0 aromatic rings. The van der Waals surface area contributed by atoms with E-state index in [2.05, 4.69) is 25.2 Å². The third-order valence-corrected chi connectivity index (χ3v) is 5.65. The zero-order valence-electron chi connectivity index (χ0n) is 21.6. The molecule has 0 bridgehead atoms. The minimum absolute atomic E-state index is 0.394. The van der Waals surface area contributed by atoms with Gasteiger partial charge in [0.2, 0.25) is 0 Å². The molecule has 3 nitrogen and oxygen atoms in total. The lowest BCUT2D eigenvalue weighted by molar-refractivity contribution is -0.134. The van der Waals surface area contributed by atoms with Gasteiger partial charge in [0.05, 0.1) is 7.11 Å². The number of carbonyl (C=O) groups excluding carboxylic acids is 1. The molecule has 0 aliphatic rings. The Balaban J connectivity index is 0. The molecule has 0 saturated heterocycles. The highest BCUT2D eigenvalue weighted by Crippen LogP contribution is 2.12. The van der Waals surface area contributed by atoms with Crippen molar-refractivity contribution in [3.63, 3.8) is 0 Å². The Morgan fingerprint density at radius 1 is 0.581 bits per heavy atom. The molecule has 3 heteroatoms. The van der Waals surface area contributed by atoms with E-state index in [0.717, 1.165) is 19.3 Å². The van der Waals surface area contributed by atoms with Crippen LogP contribution in [-0.2, 0) is 14.3 Å². The van der Waals surface area contributed by atoms with Crippen molar-refractivity contribution in [2.45, 2.75) is 142 Å². The first kappa shape index (κ1) is 32.4. The van der Waals surface area contributed by atoms with E-state index in [1.165, 1.54) is 136 Å². The van der Waals surface area contributed by atoms with Crippen LogP contribution in [0.4, 0.5) is 0 Å². The molecule has 0 spiro atoms. The van der Waals surface area contributed by atoms with Crippen LogP contribution in [0.3, 0.4) is 0 Å². The summed E-state index contributed by atoms with van der Waals surface area (Å²) < 4.78 is 9.92. The monoisotopic (exact) mass is 440 g/mol. The van der Waals surface area contributed by atoms with Crippen LogP contribution in [0.15, 0.2) is 12.7 Å². The Bertz CT molecular complexity index is 319. The molecule has 0 heterocycles. The van der Waals surface area contributed by atoms with E-state index < -0.39 is 5.97 Å². The van der Waals surface area contributed by atoms with Crippen molar-refractivity contribution >= 4 is 5.97 Å². The zero-order chi connectivity index (χ0) is 23.3. The van der Waals surface area contributed by atoms with Gasteiger partial charge in [0.1, 0.15) is 0 Å². The highest BCUT2D eigenvalue weighted by molar-refractivity contribution is 5.80. The van der Waals surface area contributed by atoms with Gasteiger partial charge in [-0.3, -0.25) is 0 Å². The molecule has 0 aliphatic carbocycles. The summed E-state index contributed by atoms with van der Waals surface area (Å²) in [5.41, 5.74) is 0. The topological polar surface area (TPSA) is 35.5 Å². The average molecular weight is 441 g/mol. The second-order valence-electron chi connectivity index (χ2n) is 8.70. The number of hydrogen-bond acceptors (Lipinski definition) is 3. The zero-order valence-corrected chi connectivity index (χ0v) is 21.6. The Hall–Kier alpha value is -0.830. The largest absolute Gasteiger partial charge is 0.466 e. The minimum atomic E-state index is -0.394. The molecule has 31 heavy (non-hydrogen) atoms. The molecular weight excluding hydrogens is 384 g/mol. The third-order valence-electron chi connectivity index (χ3n) is 5.65. The predicted octanol–water partition coefficient (Wildman–Crippen LogP) is 9.19. The summed E-state index contributed by atoms with van der Waals surface area (Å²) in [7, 11) is 1.31. The first-order valence-electron chi connectivity index (χ1n) is 13.5. The fourth-order valence-corrected chi connectivity index (χ4v) is 3.57. The van der Waals surface area contributed by atoms with Crippen molar-refractivity contribution in [1.82, 2.24) is 0 Å². The first-order valence-corrected chi connectivity index (χ1v) is 13.5. The lowest BCUT2D eigenvalue weighted by Gasteiger charge is -2.05. The standard InChI is InChI=1S/C24H50O.C4H6O2/c1-3-5-7-9-11-13-15-17-19-21-23-25-24-22-20-18-16-14-12-10-8-6-4-2;1-3-4(5)6-2/h3-24H2,1-2H3;3H,1H2,2H3. The summed E-state index contributed by atoms with van der Waals surface area (Å²) in [5, 5.41) is 0. The second-order valence-corrected chi connectivity index (χ2v) is 8.70. The van der Waals surface area contributed by atoms with E-state index in [0.29, 0.717) is 0 Å². The van der Waals surface area contributed by atoms with Crippen LogP contribution in [0.2, 0.25) is 0 Å². The Morgan fingerprint density at radius 2 is 0.871 bits per heavy atom. The number of unbranched alkanes of at least 4 members (excludes halogenated alkanes) is 18. The molecule has 0 radical (unpaired) electrons. The number of methoxy groups -OCH3 is 1. The second kappa shape index (κ2) is 31.4. The SMILES string of the molecule is C=CC(=O)OC.CCCCCCCCCCCCOCCCCCCCCCCCC. The van der Waals surface area contributed by atoms with E-state index in [1.54, 1.807) is 0 Å². The van der Waals surface area contributed by atoms with E-state index in [9.17, 15) is 4.79 Å². The predicted molar refractivity (Wildman–Crippen MR) is 137 cm³/mol. The molecule has 0 saturated carbocycles. The lowest BCUT2D eigenvalue weighted by Crippen LogP contribution is -1.97. The van der Waals surface area contributed by atoms with Gasteiger partial charge in [-0.2, -0.15) is 0 Å². The molecule has 0 fully saturated rings. The van der Waals surface area contributed by atoms with Gasteiger partial charge in [0.25, 0.3) is 0 Å². The normalized spacial score (nSPS) is 10.4. The highest BCUT2D eigenvalue weighted by Gasteiger charge is 1.95. The van der Waals surface area contributed by atoms with Crippen molar-refractivity contribution < 1.29 is 14.3 Å². The molecule has 0 N–H and O–H groups in total. The maximum absolute atomic E-state index is 9.84. The Morgan fingerprint density at radius 3 is 1.10 bits per heavy atom. The van der Waals surface area contributed by atoms with E-state index in [-0.39, 0.29) is 0 Å². The maximum Gasteiger partial charge on any atom is 0.329 e. The van der Waals surface area contributed by atoms with Gasteiger partial charge in [-0.05, 0) is 12.8 Å². The molecule has 0 aromatic carbocycles. The van der Waals surface area contributed by atoms with Crippen molar-refractivity contribution in [3.05, 3.63) is 12.7 Å². The molecule has 0 amide bonds. The van der Waals surface area contributed by atoms with Crippen molar-refractivity contribution in [1.29, 1.82) is 0 Å². The van der Waals surface area contributed by atoms with Crippen molar-refractivity contribution in [3.8, 4) is 0 Å². The highest BCUT2D eigenvalue weighted by atomic mass is 16.5. The number of esters is 1. The van der Waals surface area contributed by atoms with Crippen LogP contribution in [0, 0.1) is 0 Å². The van der Waals surface area contributed by atoms with E-state index in [1.807, 2.05) is 0 Å². The smallest absolute Gasteiger partial charge is 0.329 e. The summed E-state index contributed by atoms with van der Waals surface area (Å²) in [6.45, 7) is 9.73. The van der Waals surface area contributed by atoms with E-state index >= 15 is 0 Å². The van der Waals surface area contributed by atoms with Gasteiger partial charge in [0, 0.05) is 19.3 Å². The molecule has 186 valence electrons. The lowest BCUT2D eigenvalue weighted by atomic mass is 10.1. The first-order chi connectivity index (χ1) is 15.2. The fourth-order valence-electron chi connectivity index (χ4n) is 3.57. The van der Waals surface area contributed by atoms with E-state index in [4.69, 9.17) is 4.74 Å². The summed E-state index contributed by atoms with van der Waals surface area (Å²) in [6, 6.07) is 0. The molecule has 0 atom stereocenters. The Kier molecular flexibility index (Phi) is 32.7. The fraction of sp³-hybridized carbons (Fsp3) is 0.893. The summed E-state index contributed by atoms with van der Waals surface area (Å²) in [5.74, 6) is -0.394. The van der Waals surface area contributed by atoms with Crippen molar-refractivity contribution in [2.75, 3.05) is 20.3 Å². The van der Waals surface area contributed by atoms with Crippen molar-refractivity contribution in [2.24, 2.45) is 0 Å². The molecule has 0 aliphatic heterocycles. The quantitative estimate of drug-likeness (QED) is 0.0902. The number of rotatable bonds is 23. The van der Waals surface area contributed by atoms with Crippen LogP contribution in [0.5, 0.6) is 0 Å². The van der Waals surface area contributed by atoms with Gasteiger partial charge in [0.15, 0.2) is 0 Å². The maximum atomic E-state index is 9.84. The van der Waals surface area contributed by atoms with Gasteiger partial charge in [-0.15, -0.1) is 0 Å². The Labute approximate surface area is 195 Å². The molecular formula is C28H56O3. The van der Waals surface area contributed by atoms with Crippen LogP contribution in [0.1, 0.15) is 142 Å². The summed E-state index contributed by atoms with van der Waals surface area (Å²) >= 11 is 0. The molecule has 0 rings (SSSR count). The third kappa shape index (κ3) is 34.0. The average Bonchev–Trinajstić information content (AvgIpc) is 2.80. The summed E-state index contributed by atoms with van der Waals surface area (Å²) in [6.07, 6.45) is 29.3. The van der Waals surface area contributed by atoms with Gasteiger partial charge >= 0.3 is 5.97 Å². The number of hydrogen-bond donors (Lipinski definition) is 0. The number of carbonyl (C=O) groups is 1. The van der Waals surface area contributed by atoms with Crippen LogP contribution < -0.4 is 0 Å². The van der Waals surface area contributed by atoms with Crippen LogP contribution >= 0.6 is 0 Å². The van der Waals surface area contributed by atoms with Gasteiger partial charge < -0.3 is 9.47 Å². The van der Waals surface area contributed by atoms with Crippen LogP contribution in [-0.4, -0.2) is 26.3 Å². The summed E-state index contributed by atoms with van der Waals surface area (Å²) in [4.78, 5) is 9.84. The molecule has 0 aromatic heterocycles. The van der Waals surface area contributed by atoms with Crippen LogP contribution in [0.25, 0.3) is 0 Å². The molecule has 0 unspecified atom stereocenters. The van der Waals surface area contributed by atoms with Gasteiger partial charge in [-0.1, -0.05) is 136 Å². The van der Waals surface area contributed by atoms with Gasteiger partial charge in [-0.25, -0.2) is 4.79 Å². The minimum Gasteiger partial charge on any atom is -0.466 e. The number of ether oxygens (including phenoxy) is 2.